The lowest BCUT2D eigenvalue weighted by Gasteiger charge is -2.07. The van der Waals surface area contributed by atoms with Gasteiger partial charge in [0.1, 0.15) is 0 Å². The molecular weight excluding hydrogens is 293 g/mol. The number of nitrogens with one attached hydrogen (secondary N) is 2. The molecule has 0 atom stereocenters. The Morgan fingerprint density at radius 1 is 1.00 bits per heavy atom. The second-order valence-electron chi connectivity index (χ2n) is 3.90. The zero-order valence-corrected chi connectivity index (χ0v) is 10.9. The SMILES string of the molecule is CC(=O)Nc1ccc(NC(=O)CC(=O)C(F)(F)F)cc1.O. The van der Waals surface area contributed by atoms with Crippen molar-refractivity contribution in [3.8, 4) is 0 Å². The fourth-order valence-electron chi connectivity index (χ4n) is 1.29. The van der Waals surface area contributed by atoms with E-state index in [0.717, 1.165) is 0 Å². The average Bonchev–Trinajstić information content (AvgIpc) is 2.29. The van der Waals surface area contributed by atoms with Crippen molar-refractivity contribution in [2.45, 2.75) is 19.5 Å². The van der Waals surface area contributed by atoms with Crippen LogP contribution >= 0.6 is 0 Å². The Morgan fingerprint density at radius 2 is 1.43 bits per heavy atom. The summed E-state index contributed by atoms with van der Waals surface area (Å²) in [6, 6.07) is 5.70. The second kappa shape index (κ2) is 7.39. The molecule has 116 valence electrons. The van der Waals surface area contributed by atoms with Crippen LogP contribution in [-0.4, -0.2) is 29.3 Å². The van der Waals surface area contributed by atoms with Crippen LogP contribution in [0.25, 0.3) is 0 Å². The summed E-state index contributed by atoms with van der Waals surface area (Å²) in [6.07, 6.45) is -6.29. The highest BCUT2D eigenvalue weighted by atomic mass is 19.4. The third-order valence-corrected chi connectivity index (χ3v) is 2.13. The Balaban J connectivity index is 0.00000400. The van der Waals surface area contributed by atoms with Gasteiger partial charge in [0.15, 0.2) is 0 Å². The number of alkyl halides is 3. The van der Waals surface area contributed by atoms with Crippen molar-refractivity contribution in [2.24, 2.45) is 0 Å². The van der Waals surface area contributed by atoms with Crippen molar-refractivity contribution < 1.29 is 33.0 Å². The van der Waals surface area contributed by atoms with Crippen molar-refractivity contribution in [1.29, 1.82) is 0 Å². The standard InChI is InChI=1S/C12H11F3N2O3.H2O/c1-7(18)16-8-2-4-9(5-3-8)17-11(20)6-10(19)12(13,14)15;/h2-5H,6H2,1H3,(H,16,18)(H,17,20);1H2. The molecule has 0 aliphatic heterocycles. The Morgan fingerprint density at radius 3 is 1.81 bits per heavy atom. The van der Waals surface area contributed by atoms with E-state index in [1.54, 1.807) is 0 Å². The van der Waals surface area contributed by atoms with Crippen LogP contribution in [0.15, 0.2) is 24.3 Å². The molecule has 0 aromatic heterocycles. The van der Waals surface area contributed by atoms with Gasteiger partial charge in [0.25, 0.3) is 0 Å². The zero-order valence-electron chi connectivity index (χ0n) is 10.9. The van der Waals surface area contributed by atoms with E-state index in [-0.39, 0.29) is 17.1 Å². The molecule has 2 amide bonds. The monoisotopic (exact) mass is 306 g/mol. The largest absolute Gasteiger partial charge is 0.450 e. The number of benzene rings is 1. The van der Waals surface area contributed by atoms with Crippen molar-refractivity contribution in [3.63, 3.8) is 0 Å². The fraction of sp³-hybridized carbons (Fsp3) is 0.250. The number of carbonyl (C=O) groups is 3. The number of rotatable bonds is 4. The molecular formula is C12H13F3N2O4. The Bertz CT molecular complexity index is 526. The molecule has 0 aliphatic rings. The van der Waals surface area contributed by atoms with Crippen LogP contribution in [0.3, 0.4) is 0 Å². The van der Waals surface area contributed by atoms with Gasteiger partial charge in [0.05, 0.1) is 6.42 Å². The van der Waals surface area contributed by atoms with E-state index in [0.29, 0.717) is 5.69 Å². The van der Waals surface area contributed by atoms with E-state index in [1.807, 2.05) is 0 Å². The van der Waals surface area contributed by atoms with Crippen LogP contribution in [0.5, 0.6) is 0 Å². The number of halogens is 3. The van der Waals surface area contributed by atoms with E-state index >= 15 is 0 Å². The van der Waals surface area contributed by atoms with Gasteiger partial charge in [-0.15, -0.1) is 0 Å². The lowest BCUT2D eigenvalue weighted by atomic mass is 10.2. The summed E-state index contributed by atoms with van der Waals surface area (Å²) in [5, 5.41) is 4.64. The molecule has 0 saturated heterocycles. The van der Waals surface area contributed by atoms with Gasteiger partial charge in [-0.05, 0) is 24.3 Å². The van der Waals surface area contributed by atoms with E-state index in [4.69, 9.17) is 0 Å². The number of amides is 2. The zero-order chi connectivity index (χ0) is 15.3. The number of anilines is 2. The van der Waals surface area contributed by atoms with Crippen LogP contribution in [0.4, 0.5) is 24.5 Å². The lowest BCUT2D eigenvalue weighted by Crippen LogP contribution is -2.27. The van der Waals surface area contributed by atoms with Gasteiger partial charge in [-0.2, -0.15) is 13.2 Å². The molecule has 4 N–H and O–H groups in total. The summed E-state index contributed by atoms with van der Waals surface area (Å²) in [5.74, 6) is -3.44. The first kappa shape index (κ1) is 18.6. The fourth-order valence-corrected chi connectivity index (χ4v) is 1.29. The molecule has 9 heteroatoms. The normalized spacial score (nSPS) is 10.3. The highest BCUT2D eigenvalue weighted by Crippen LogP contribution is 2.19. The maximum Gasteiger partial charge on any atom is 0.450 e. The first-order valence-electron chi connectivity index (χ1n) is 5.46. The minimum atomic E-state index is -5.02. The summed E-state index contributed by atoms with van der Waals surface area (Å²) in [5.41, 5.74) is 0.695. The molecule has 1 aromatic rings. The number of hydrogen-bond donors (Lipinski definition) is 2. The van der Waals surface area contributed by atoms with Gasteiger partial charge >= 0.3 is 6.18 Å². The van der Waals surface area contributed by atoms with E-state index in [2.05, 4.69) is 10.6 Å². The Kier molecular flexibility index (Phi) is 6.53. The molecule has 21 heavy (non-hydrogen) atoms. The molecule has 0 aliphatic carbocycles. The number of hydrogen-bond acceptors (Lipinski definition) is 3. The van der Waals surface area contributed by atoms with E-state index in [9.17, 15) is 27.6 Å². The van der Waals surface area contributed by atoms with Gasteiger partial charge in [0, 0.05) is 18.3 Å². The van der Waals surface area contributed by atoms with Crippen LogP contribution in [0, 0.1) is 0 Å². The van der Waals surface area contributed by atoms with Gasteiger partial charge < -0.3 is 16.1 Å². The summed E-state index contributed by atoms with van der Waals surface area (Å²) < 4.78 is 35.9. The van der Waals surface area contributed by atoms with Crippen molar-refractivity contribution in [3.05, 3.63) is 24.3 Å². The molecule has 0 saturated carbocycles. The molecule has 0 spiro atoms. The predicted molar refractivity (Wildman–Crippen MR) is 68.7 cm³/mol. The summed E-state index contributed by atoms with van der Waals surface area (Å²) >= 11 is 0. The third-order valence-electron chi connectivity index (χ3n) is 2.13. The first-order valence-corrected chi connectivity index (χ1v) is 5.46. The molecule has 0 bridgehead atoms. The van der Waals surface area contributed by atoms with Crippen LogP contribution in [0.2, 0.25) is 0 Å². The molecule has 1 rings (SSSR count). The number of ketones is 1. The van der Waals surface area contributed by atoms with E-state index in [1.165, 1.54) is 31.2 Å². The molecule has 0 heterocycles. The average molecular weight is 306 g/mol. The van der Waals surface area contributed by atoms with Crippen molar-refractivity contribution >= 4 is 29.0 Å². The third kappa shape index (κ3) is 6.52. The summed E-state index contributed by atoms with van der Waals surface area (Å²) in [4.78, 5) is 32.6. The maximum absolute atomic E-state index is 12.0. The van der Waals surface area contributed by atoms with Gasteiger partial charge in [0.2, 0.25) is 17.6 Å². The maximum atomic E-state index is 12.0. The quantitative estimate of drug-likeness (QED) is 0.818. The minimum absolute atomic E-state index is 0. The number of carbonyl (C=O) groups excluding carboxylic acids is 3. The van der Waals surface area contributed by atoms with Gasteiger partial charge in [-0.1, -0.05) is 0 Å². The van der Waals surface area contributed by atoms with Crippen LogP contribution < -0.4 is 10.6 Å². The minimum Gasteiger partial charge on any atom is -0.412 e. The Labute approximate surface area is 117 Å². The lowest BCUT2D eigenvalue weighted by molar-refractivity contribution is -0.171. The molecule has 0 radical (unpaired) electrons. The van der Waals surface area contributed by atoms with E-state index < -0.39 is 24.3 Å². The van der Waals surface area contributed by atoms with Gasteiger partial charge in [-0.3, -0.25) is 14.4 Å². The highest BCUT2D eigenvalue weighted by molar-refractivity contribution is 6.06. The van der Waals surface area contributed by atoms with Crippen LogP contribution in [-0.2, 0) is 14.4 Å². The van der Waals surface area contributed by atoms with Crippen molar-refractivity contribution in [1.82, 2.24) is 0 Å². The highest BCUT2D eigenvalue weighted by Gasteiger charge is 2.39. The molecule has 0 unspecified atom stereocenters. The Hall–Kier alpha value is -2.42. The number of Topliss-reactive ketones (excluding diaryl/α,β-unsaturated/α-hetero) is 1. The predicted octanol–water partition coefficient (Wildman–Crippen LogP) is 1.28. The molecule has 6 nitrogen and oxygen atoms in total. The molecule has 0 fully saturated rings. The first-order chi connectivity index (χ1) is 9.18. The smallest absolute Gasteiger partial charge is 0.412 e. The van der Waals surface area contributed by atoms with Gasteiger partial charge in [-0.25, -0.2) is 0 Å². The summed E-state index contributed by atoms with van der Waals surface area (Å²) in [7, 11) is 0. The van der Waals surface area contributed by atoms with Crippen LogP contribution in [0.1, 0.15) is 13.3 Å². The second-order valence-corrected chi connectivity index (χ2v) is 3.90. The molecule has 1 aromatic carbocycles. The van der Waals surface area contributed by atoms with Crippen molar-refractivity contribution in [2.75, 3.05) is 10.6 Å². The topological polar surface area (TPSA) is 107 Å². The summed E-state index contributed by atoms with van der Waals surface area (Å²) in [6.45, 7) is 1.32.